The zero-order valence-electron chi connectivity index (χ0n) is 16.5. The van der Waals surface area contributed by atoms with Gasteiger partial charge in [-0.3, -0.25) is 14.7 Å². The molecule has 1 atom stereocenters. The summed E-state index contributed by atoms with van der Waals surface area (Å²) >= 11 is 0. The van der Waals surface area contributed by atoms with Crippen LogP contribution in [0.25, 0.3) is 22.6 Å². The third-order valence-corrected chi connectivity index (χ3v) is 4.66. The van der Waals surface area contributed by atoms with Crippen molar-refractivity contribution in [3.05, 3.63) is 42.3 Å². The monoisotopic (exact) mass is 426 g/mol. The Morgan fingerprint density at radius 3 is 2.84 bits per heavy atom. The van der Waals surface area contributed by atoms with E-state index >= 15 is 0 Å². The number of hydrogen-bond acceptors (Lipinski definition) is 8. The molecule has 31 heavy (non-hydrogen) atoms. The van der Waals surface area contributed by atoms with Crippen molar-refractivity contribution in [3.8, 4) is 22.6 Å². The smallest absolute Gasteiger partial charge is 0.414 e. The van der Waals surface area contributed by atoms with Gasteiger partial charge in [0.25, 0.3) is 0 Å². The predicted octanol–water partition coefficient (Wildman–Crippen LogP) is 0.478. The maximum Gasteiger partial charge on any atom is 0.414 e. The lowest BCUT2D eigenvalue weighted by atomic mass is 10.1. The van der Waals surface area contributed by atoms with Gasteiger partial charge >= 0.3 is 6.09 Å². The number of aryl methyl sites for hydroxylation is 1. The van der Waals surface area contributed by atoms with Crippen LogP contribution >= 0.6 is 0 Å². The number of benzene rings is 1. The highest BCUT2D eigenvalue weighted by molar-refractivity contribution is 5.90. The maximum absolute atomic E-state index is 14.8. The summed E-state index contributed by atoms with van der Waals surface area (Å²) in [6.45, 7) is 0.170. The van der Waals surface area contributed by atoms with E-state index in [1.807, 2.05) is 0 Å². The van der Waals surface area contributed by atoms with E-state index in [-0.39, 0.29) is 25.5 Å². The van der Waals surface area contributed by atoms with Gasteiger partial charge in [0.05, 0.1) is 32.4 Å². The first kappa shape index (κ1) is 20.3. The minimum Gasteiger partial charge on any atom is -0.442 e. The fraction of sp³-hybridized carbons (Fsp3) is 0.263. The number of rotatable bonds is 6. The second-order valence-corrected chi connectivity index (χ2v) is 6.82. The number of nitrogens with two attached hydrogens (primary N) is 1. The highest BCUT2D eigenvalue weighted by Crippen LogP contribution is 2.29. The summed E-state index contributed by atoms with van der Waals surface area (Å²) in [6, 6.07) is 7.84. The van der Waals surface area contributed by atoms with Crippen LogP contribution in [-0.4, -0.2) is 62.9 Å². The molecule has 0 spiro atoms. The lowest BCUT2D eigenvalue weighted by Gasteiger charge is -2.14. The molecular weight excluding hydrogens is 407 g/mol. The summed E-state index contributed by atoms with van der Waals surface area (Å²) in [5, 5.41) is 14.3. The minimum atomic E-state index is -0.610. The van der Waals surface area contributed by atoms with Gasteiger partial charge in [-0.1, -0.05) is 6.07 Å². The topological polar surface area (TPSA) is 141 Å². The normalized spacial score (nSPS) is 15.8. The van der Waals surface area contributed by atoms with Gasteiger partial charge in [-0.15, -0.1) is 10.2 Å². The largest absolute Gasteiger partial charge is 0.442 e. The summed E-state index contributed by atoms with van der Waals surface area (Å²) in [6.07, 6.45) is 0.364. The number of nitrogens with zero attached hydrogens (tertiary/aromatic N) is 6. The van der Waals surface area contributed by atoms with Crippen LogP contribution in [0, 0.1) is 5.82 Å². The van der Waals surface area contributed by atoms with E-state index in [2.05, 4.69) is 25.7 Å². The molecule has 4 rings (SSSR count). The van der Waals surface area contributed by atoms with E-state index in [0.717, 1.165) is 0 Å². The average molecular weight is 426 g/mol. The molecule has 1 aliphatic rings. The van der Waals surface area contributed by atoms with Crippen molar-refractivity contribution < 1.29 is 18.7 Å². The van der Waals surface area contributed by atoms with Gasteiger partial charge in [0.2, 0.25) is 11.7 Å². The zero-order valence-corrected chi connectivity index (χ0v) is 16.5. The van der Waals surface area contributed by atoms with E-state index < -0.39 is 18.0 Å². The fourth-order valence-electron chi connectivity index (χ4n) is 3.12. The van der Waals surface area contributed by atoms with Crippen molar-refractivity contribution >= 4 is 17.7 Å². The first-order valence-electron chi connectivity index (χ1n) is 9.40. The molecule has 0 radical (unpaired) electrons. The Morgan fingerprint density at radius 1 is 1.35 bits per heavy atom. The highest BCUT2D eigenvalue weighted by atomic mass is 19.1. The Balaban J connectivity index is 1.48. The maximum atomic E-state index is 14.8. The van der Waals surface area contributed by atoms with Crippen molar-refractivity contribution in [1.82, 2.24) is 30.5 Å². The number of nitrogens with one attached hydrogen (secondary N) is 1. The minimum absolute atomic E-state index is 0.136. The zero-order chi connectivity index (χ0) is 22.0. The van der Waals surface area contributed by atoms with Gasteiger partial charge in [-0.25, -0.2) is 9.18 Å². The van der Waals surface area contributed by atoms with E-state index in [0.29, 0.717) is 28.3 Å². The van der Waals surface area contributed by atoms with Gasteiger partial charge in [0.15, 0.2) is 0 Å². The van der Waals surface area contributed by atoms with E-state index in [4.69, 9.17) is 10.5 Å². The number of anilines is 1. The Morgan fingerprint density at radius 2 is 2.19 bits per heavy atom. The number of halogens is 1. The third kappa shape index (κ3) is 4.33. The van der Waals surface area contributed by atoms with Crippen LogP contribution < -0.4 is 16.0 Å². The van der Waals surface area contributed by atoms with Crippen LogP contribution in [0.5, 0.6) is 0 Å². The summed E-state index contributed by atoms with van der Waals surface area (Å²) in [7, 11) is 1.65. The molecule has 1 aromatic carbocycles. The van der Waals surface area contributed by atoms with Crippen LogP contribution in [0.2, 0.25) is 0 Å². The van der Waals surface area contributed by atoms with Crippen molar-refractivity contribution in [1.29, 1.82) is 0 Å². The molecule has 0 saturated carbocycles. The molecule has 0 aliphatic carbocycles. The fourth-order valence-corrected chi connectivity index (χ4v) is 3.12. The molecule has 2 aromatic heterocycles. The Kier molecular flexibility index (Phi) is 5.54. The standard InChI is InChI=1S/C19H19FN8O3/c1-27-25-18(24-26-27)16-5-2-11(8-22-16)14-4-3-12(6-15(14)20)28-10-13(31-19(28)30)9-23-17(29)7-21/h2-6,8,13H,7,9-10,21H2,1H3,(H,23,29)/t13-/m0/s1. The van der Waals surface area contributed by atoms with Crippen LogP contribution in [-0.2, 0) is 16.6 Å². The Hall–Kier alpha value is -3.93. The second-order valence-electron chi connectivity index (χ2n) is 6.82. The summed E-state index contributed by atoms with van der Waals surface area (Å²) < 4.78 is 20.0. The van der Waals surface area contributed by atoms with E-state index in [1.165, 1.54) is 22.0 Å². The molecule has 12 heteroatoms. The SMILES string of the molecule is Cn1nnc(-c2ccc(-c3ccc(N4C[C@H](CNC(=O)CN)OC4=O)cc3F)cn2)n1. The van der Waals surface area contributed by atoms with Gasteiger partial charge < -0.3 is 15.8 Å². The number of pyridine rings is 1. The molecule has 1 aliphatic heterocycles. The molecule has 11 nitrogen and oxygen atoms in total. The van der Waals surface area contributed by atoms with Crippen LogP contribution in [0.15, 0.2) is 36.5 Å². The first-order chi connectivity index (χ1) is 14.9. The number of cyclic esters (lactones) is 1. The van der Waals surface area contributed by atoms with Crippen molar-refractivity contribution in [3.63, 3.8) is 0 Å². The number of carbonyl (C=O) groups is 2. The first-order valence-corrected chi connectivity index (χ1v) is 9.40. The highest BCUT2D eigenvalue weighted by Gasteiger charge is 2.32. The van der Waals surface area contributed by atoms with Gasteiger partial charge in [-0.05, 0) is 29.5 Å². The average Bonchev–Trinajstić information content (AvgIpc) is 3.37. The molecule has 160 valence electrons. The van der Waals surface area contributed by atoms with Crippen LogP contribution in [0.4, 0.5) is 14.9 Å². The van der Waals surface area contributed by atoms with Crippen LogP contribution in [0.3, 0.4) is 0 Å². The molecular formula is C19H19FN8O3. The third-order valence-electron chi connectivity index (χ3n) is 4.66. The number of aromatic nitrogens is 5. The number of carbonyl (C=O) groups excluding carboxylic acids is 2. The van der Waals surface area contributed by atoms with Crippen molar-refractivity contribution in [2.75, 3.05) is 24.5 Å². The van der Waals surface area contributed by atoms with Gasteiger partial charge in [0.1, 0.15) is 17.6 Å². The molecule has 3 heterocycles. The predicted molar refractivity (Wildman–Crippen MR) is 107 cm³/mol. The van der Waals surface area contributed by atoms with Gasteiger partial charge in [-0.2, -0.15) is 4.80 Å². The Labute approximate surface area is 176 Å². The summed E-state index contributed by atoms with van der Waals surface area (Å²) in [5.41, 5.74) is 6.99. The number of amides is 2. The quantitative estimate of drug-likeness (QED) is 0.580. The second kappa shape index (κ2) is 8.44. The molecule has 0 bridgehead atoms. The summed E-state index contributed by atoms with van der Waals surface area (Å²) in [5.74, 6) is -0.494. The lowest BCUT2D eigenvalue weighted by molar-refractivity contribution is -0.120. The number of tetrazole rings is 1. The lowest BCUT2D eigenvalue weighted by Crippen LogP contribution is -2.37. The number of hydrogen-bond donors (Lipinski definition) is 2. The van der Waals surface area contributed by atoms with Crippen molar-refractivity contribution in [2.45, 2.75) is 6.10 Å². The van der Waals surface area contributed by atoms with Gasteiger partial charge in [0, 0.05) is 17.3 Å². The Bertz CT molecular complexity index is 1120. The van der Waals surface area contributed by atoms with Crippen molar-refractivity contribution in [2.24, 2.45) is 12.8 Å². The molecule has 2 amide bonds. The van der Waals surface area contributed by atoms with E-state index in [9.17, 15) is 14.0 Å². The van der Waals surface area contributed by atoms with Crippen LogP contribution in [0.1, 0.15) is 0 Å². The molecule has 1 fully saturated rings. The number of ether oxygens (including phenoxy) is 1. The summed E-state index contributed by atoms with van der Waals surface area (Å²) in [4.78, 5) is 30.3. The molecule has 0 unspecified atom stereocenters. The molecule has 3 N–H and O–H groups in total. The molecule has 1 saturated heterocycles. The molecule has 3 aromatic rings. The van der Waals surface area contributed by atoms with E-state index in [1.54, 1.807) is 31.3 Å².